The van der Waals surface area contributed by atoms with Crippen molar-refractivity contribution in [3.63, 3.8) is 0 Å². The fourth-order valence-electron chi connectivity index (χ4n) is 6.09. The molecule has 0 spiro atoms. The van der Waals surface area contributed by atoms with Crippen LogP contribution < -0.4 is 10.6 Å². The summed E-state index contributed by atoms with van der Waals surface area (Å²) in [7, 11) is 0. The van der Waals surface area contributed by atoms with E-state index in [2.05, 4.69) is 10.6 Å². The molecule has 33 heavy (non-hydrogen) atoms. The van der Waals surface area contributed by atoms with Gasteiger partial charge in [-0.25, -0.2) is 0 Å². The van der Waals surface area contributed by atoms with Gasteiger partial charge in [-0.15, -0.1) is 0 Å². The molecule has 176 valence electrons. The Morgan fingerprint density at radius 2 is 1.97 bits per heavy atom. The molecule has 2 N–H and O–H groups in total. The van der Waals surface area contributed by atoms with Gasteiger partial charge in [0.25, 0.3) is 5.91 Å². The van der Waals surface area contributed by atoms with Crippen LogP contribution in [-0.4, -0.2) is 51.7 Å². The minimum Gasteiger partial charge on any atom is -0.339 e. The number of piperidine rings is 1. The van der Waals surface area contributed by atoms with E-state index in [-0.39, 0.29) is 23.6 Å². The lowest BCUT2D eigenvalue weighted by Crippen LogP contribution is -2.47. The predicted octanol–water partition coefficient (Wildman–Crippen LogP) is 3.66. The van der Waals surface area contributed by atoms with Crippen molar-refractivity contribution >= 4 is 40.3 Å². The molecule has 1 aromatic rings. The van der Waals surface area contributed by atoms with Gasteiger partial charge in [-0.3, -0.25) is 19.4 Å². The summed E-state index contributed by atoms with van der Waals surface area (Å²) in [5.41, 5.74) is 1.19. The van der Waals surface area contributed by atoms with Crippen molar-refractivity contribution in [3.05, 3.63) is 29.8 Å². The molecule has 4 fully saturated rings. The molecule has 7 nitrogen and oxygen atoms in total. The number of carbonyl (C=O) groups excluding carboxylic acids is 3. The Hall–Kier alpha value is -2.35. The molecule has 1 unspecified atom stereocenters. The van der Waals surface area contributed by atoms with E-state index in [9.17, 15) is 14.4 Å². The first kappa shape index (κ1) is 22.4. The van der Waals surface area contributed by atoms with Gasteiger partial charge < -0.3 is 15.5 Å². The third-order valence-corrected chi connectivity index (χ3v) is 9.30. The number of benzene rings is 1. The topological polar surface area (TPSA) is 90.9 Å². The molecule has 1 aromatic carbocycles. The molecule has 3 amide bonds. The summed E-state index contributed by atoms with van der Waals surface area (Å²) in [6.45, 7) is 4.73. The van der Waals surface area contributed by atoms with Gasteiger partial charge in [0.15, 0.2) is 5.17 Å². The molecule has 4 atom stereocenters. The summed E-state index contributed by atoms with van der Waals surface area (Å²) >= 11 is 1.60. The fourth-order valence-corrected chi connectivity index (χ4v) is 7.37. The molecule has 8 heteroatoms. The summed E-state index contributed by atoms with van der Waals surface area (Å²) < 4.78 is -0.531. The van der Waals surface area contributed by atoms with Gasteiger partial charge in [0.05, 0.1) is 6.04 Å². The number of nitrogens with one attached hydrogen (secondary N) is 2. The zero-order chi connectivity index (χ0) is 23.2. The molecule has 0 radical (unpaired) electrons. The number of thioether (sulfide) groups is 1. The summed E-state index contributed by atoms with van der Waals surface area (Å²) in [4.78, 5) is 44.1. The van der Waals surface area contributed by atoms with Crippen LogP contribution in [0.1, 0.15) is 62.7 Å². The average molecular weight is 469 g/mol. The van der Waals surface area contributed by atoms with Crippen LogP contribution in [0.3, 0.4) is 0 Å². The SMILES string of the molecule is CC(=O)Nc1cccc(C(=O)N2CCC(C3(C)SC(=N[C@H]4C[C@@H]5CC[C@H]4C5)NC3=O)CC2)c1. The first-order valence-corrected chi connectivity index (χ1v) is 12.9. The molecule has 4 aliphatic rings. The van der Waals surface area contributed by atoms with Crippen LogP contribution in [0.4, 0.5) is 5.69 Å². The highest BCUT2D eigenvalue weighted by atomic mass is 32.2. The maximum atomic E-state index is 13.0. The Bertz CT molecular complexity index is 1000. The molecule has 2 bridgehead atoms. The van der Waals surface area contributed by atoms with Gasteiger partial charge in [-0.2, -0.15) is 0 Å². The highest BCUT2D eigenvalue weighted by molar-refractivity contribution is 8.16. The highest BCUT2D eigenvalue weighted by Crippen LogP contribution is 2.48. The minimum absolute atomic E-state index is 0.0344. The summed E-state index contributed by atoms with van der Waals surface area (Å²) in [5.74, 6) is 1.59. The maximum Gasteiger partial charge on any atom is 0.253 e. The summed E-state index contributed by atoms with van der Waals surface area (Å²) in [5, 5.41) is 6.60. The van der Waals surface area contributed by atoms with Crippen molar-refractivity contribution in [2.45, 2.75) is 63.2 Å². The van der Waals surface area contributed by atoms with E-state index < -0.39 is 4.75 Å². The second-order valence-corrected chi connectivity index (χ2v) is 11.6. The fraction of sp³-hybridized carbons (Fsp3) is 0.600. The molecule has 2 heterocycles. The van der Waals surface area contributed by atoms with Gasteiger partial charge in [-0.05, 0) is 75.0 Å². The number of carbonyl (C=O) groups is 3. The van der Waals surface area contributed by atoms with Gasteiger partial charge in [0.1, 0.15) is 4.75 Å². The van der Waals surface area contributed by atoms with Gasteiger partial charge in [0, 0.05) is 31.3 Å². The number of aliphatic imine (C=N–C) groups is 1. The van der Waals surface area contributed by atoms with E-state index in [4.69, 9.17) is 4.99 Å². The van der Waals surface area contributed by atoms with E-state index in [1.807, 2.05) is 11.8 Å². The Kier molecular flexibility index (Phi) is 5.97. The molecule has 5 rings (SSSR count). The van der Waals surface area contributed by atoms with E-state index in [0.29, 0.717) is 36.3 Å². The monoisotopic (exact) mass is 468 g/mol. The van der Waals surface area contributed by atoms with Crippen molar-refractivity contribution < 1.29 is 14.4 Å². The quantitative estimate of drug-likeness (QED) is 0.706. The van der Waals surface area contributed by atoms with Crippen molar-refractivity contribution in [2.24, 2.45) is 22.7 Å². The lowest BCUT2D eigenvalue weighted by atomic mass is 9.84. The molecular formula is C25H32N4O3S. The first-order valence-electron chi connectivity index (χ1n) is 12.1. The molecule has 2 saturated heterocycles. The number of hydrogen-bond donors (Lipinski definition) is 2. The van der Waals surface area contributed by atoms with Crippen LogP contribution in [0.15, 0.2) is 29.3 Å². The van der Waals surface area contributed by atoms with Crippen LogP contribution in [0.2, 0.25) is 0 Å². The van der Waals surface area contributed by atoms with E-state index in [1.54, 1.807) is 36.0 Å². The second kappa shape index (κ2) is 8.78. The number of amides is 3. The normalized spacial score (nSPS) is 32.9. The van der Waals surface area contributed by atoms with Crippen LogP contribution >= 0.6 is 11.8 Å². The van der Waals surface area contributed by atoms with E-state index in [0.717, 1.165) is 23.9 Å². The van der Waals surface area contributed by atoms with Gasteiger partial charge >= 0.3 is 0 Å². The molecular weight excluding hydrogens is 436 g/mol. The molecule has 2 saturated carbocycles. The van der Waals surface area contributed by atoms with Gasteiger partial charge in [-0.1, -0.05) is 24.2 Å². The van der Waals surface area contributed by atoms with Crippen LogP contribution in [0, 0.1) is 17.8 Å². The number of anilines is 1. The van der Waals surface area contributed by atoms with Crippen molar-refractivity contribution in [2.75, 3.05) is 18.4 Å². The van der Waals surface area contributed by atoms with Crippen molar-refractivity contribution in [1.29, 1.82) is 0 Å². The number of amidine groups is 1. The predicted molar refractivity (Wildman–Crippen MR) is 130 cm³/mol. The second-order valence-electron chi connectivity index (χ2n) is 10.2. The van der Waals surface area contributed by atoms with E-state index >= 15 is 0 Å². The molecule has 0 aromatic heterocycles. The zero-order valence-corrected chi connectivity index (χ0v) is 20.1. The lowest BCUT2D eigenvalue weighted by Gasteiger charge is -2.38. The number of hydrogen-bond acceptors (Lipinski definition) is 5. The van der Waals surface area contributed by atoms with E-state index in [1.165, 1.54) is 32.6 Å². The largest absolute Gasteiger partial charge is 0.339 e. The Morgan fingerprint density at radius 3 is 2.64 bits per heavy atom. The molecule has 2 aliphatic heterocycles. The van der Waals surface area contributed by atoms with Crippen LogP contribution in [0.5, 0.6) is 0 Å². The van der Waals surface area contributed by atoms with Crippen molar-refractivity contribution in [3.8, 4) is 0 Å². The number of fused-ring (bicyclic) bond motifs is 2. The summed E-state index contributed by atoms with van der Waals surface area (Å²) in [6.07, 6.45) is 6.67. The standard InChI is InChI=1S/C25H32N4O3S/c1-15(30)26-20-5-3-4-18(14-20)22(31)29-10-8-19(9-11-29)25(2)23(32)28-24(33-25)27-21-13-16-6-7-17(21)12-16/h3-5,14,16-17,19,21H,6-13H2,1-2H3,(H,26,30)(H,27,28,32)/t16-,17+,21+,25?/m1/s1. The van der Waals surface area contributed by atoms with Crippen LogP contribution in [0.25, 0.3) is 0 Å². The van der Waals surface area contributed by atoms with Crippen LogP contribution in [-0.2, 0) is 9.59 Å². The number of rotatable bonds is 4. The molecule has 2 aliphatic carbocycles. The Labute approximate surface area is 199 Å². The number of likely N-dealkylation sites (tertiary alicyclic amines) is 1. The summed E-state index contributed by atoms with van der Waals surface area (Å²) in [6, 6.07) is 7.43. The van der Waals surface area contributed by atoms with Gasteiger partial charge in [0.2, 0.25) is 11.8 Å². The smallest absolute Gasteiger partial charge is 0.253 e. The highest BCUT2D eigenvalue weighted by Gasteiger charge is 2.50. The minimum atomic E-state index is -0.531. The lowest BCUT2D eigenvalue weighted by molar-refractivity contribution is -0.122. The maximum absolute atomic E-state index is 13.0. The Morgan fingerprint density at radius 1 is 1.18 bits per heavy atom. The average Bonchev–Trinajstić information content (AvgIpc) is 3.48. The van der Waals surface area contributed by atoms with Crippen molar-refractivity contribution in [1.82, 2.24) is 10.2 Å². The third-order valence-electron chi connectivity index (χ3n) is 7.95. The zero-order valence-electron chi connectivity index (χ0n) is 19.3. The third kappa shape index (κ3) is 4.42. The number of nitrogens with zero attached hydrogens (tertiary/aromatic N) is 2. The Balaban J connectivity index is 1.20. The first-order chi connectivity index (χ1) is 15.8.